The number of carbonyl (C=O) groups is 2. The summed E-state index contributed by atoms with van der Waals surface area (Å²) in [6.07, 6.45) is -6.44. The molecule has 100 valence electrons. The molecule has 2 N–H and O–H groups in total. The number of carboxylic acids is 1. The summed E-state index contributed by atoms with van der Waals surface area (Å²) in [6.45, 7) is 4.40. The number of aliphatic carboxylic acids is 1. The lowest BCUT2D eigenvalue weighted by molar-refractivity contribution is -0.151. The molecule has 0 saturated heterocycles. The number of nitrogens with one attached hydrogen (secondary N) is 1. The zero-order valence-electron chi connectivity index (χ0n) is 9.89. The van der Waals surface area contributed by atoms with Crippen molar-refractivity contribution < 1.29 is 27.9 Å². The fraction of sp³-hybridized carbons (Fsp3) is 0.800. The van der Waals surface area contributed by atoms with Gasteiger partial charge < -0.3 is 10.4 Å². The lowest BCUT2D eigenvalue weighted by Crippen LogP contribution is -2.55. The molecule has 0 unspecified atom stereocenters. The van der Waals surface area contributed by atoms with E-state index in [1.807, 2.05) is 0 Å². The molecule has 0 aromatic carbocycles. The Morgan fingerprint density at radius 2 is 1.76 bits per heavy atom. The van der Waals surface area contributed by atoms with Gasteiger partial charge in [-0.25, -0.2) is 4.79 Å². The molecule has 0 aliphatic rings. The standard InChI is InChI=1S/C10H16F3NO3/c1-6(2)9(3,8(16)17)14-7(15)4-5-10(11,12)13/h6H,4-5H2,1-3H3,(H,14,15)(H,16,17)/t9-/m1/s1. The van der Waals surface area contributed by atoms with Gasteiger partial charge in [0.05, 0.1) is 6.42 Å². The first kappa shape index (κ1) is 15.7. The second kappa shape index (κ2) is 5.37. The predicted molar refractivity (Wildman–Crippen MR) is 54.3 cm³/mol. The molecule has 0 fully saturated rings. The molecule has 0 aromatic heterocycles. The van der Waals surface area contributed by atoms with Gasteiger partial charge in [-0.05, 0) is 12.8 Å². The Bertz CT molecular complexity index is 302. The quantitative estimate of drug-likeness (QED) is 0.789. The molecule has 1 atom stereocenters. The molecular formula is C10H16F3NO3. The number of amides is 1. The van der Waals surface area contributed by atoms with Crippen molar-refractivity contribution in [1.82, 2.24) is 5.32 Å². The molecule has 0 spiro atoms. The van der Waals surface area contributed by atoms with Gasteiger partial charge in [-0.1, -0.05) is 13.8 Å². The molecule has 17 heavy (non-hydrogen) atoms. The molecule has 0 aliphatic heterocycles. The zero-order chi connectivity index (χ0) is 13.9. The highest BCUT2D eigenvalue weighted by Crippen LogP contribution is 2.22. The second-order valence-electron chi connectivity index (χ2n) is 4.33. The van der Waals surface area contributed by atoms with Gasteiger partial charge in [0.25, 0.3) is 0 Å². The third-order valence-corrected chi connectivity index (χ3v) is 2.63. The van der Waals surface area contributed by atoms with E-state index in [9.17, 15) is 22.8 Å². The maximum atomic E-state index is 11.9. The van der Waals surface area contributed by atoms with Gasteiger partial charge in [-0.2, -0.15) is 13.2 Å². The first-order chi connectivity index (χ1) is 7.49. The van der Waals surface area contributed by atoms with Gasteiger partial charge >= 0.3 is 12.1 Å². The van der Waals surface area contributed by atoms with Crippen LogP contribution < -0.4 is 5.32 Å². The van der Waals surface area contributed by atoms with E-state index in [0.717, 1.165) is 0 Å². The third-order valence-electron chi connectivity index (χ3n) is 2.63. The maximum Gasteiger partial charge on any atom is 0.389 e. The molecule has 0 aromatic rings. The Labute approximate surface area is 97.2 Å². The Hall–Kier alpha value is -1.27. The summed E-state index contributed by atoms with van der Waals surface area (Å²) in [6, 6.07) is 0. The summed E-state index contributed by atoms with van der Waals surface area (Å²) in [4.78, 5) is 22.2. The second-order valence-corrected chi connectivity index (χ2v) is 4.33. The molecule has 1 amide bonds. The SMILES string of the molecule is CC(C)[C@@](C)(NC(=O)CCC(F)(F)F)C(=O)O. The van der Waals surface area contributed by atoms with Crippen LogP contribution in [0.4, 0.5) is 13.2 Å². The average molecular weight is 255 g/mol. The van der Waals surface area contributed by atoms with Crippen LogP contribution in [0, 0.1) is 5.92 Å². The largest absolute Gasteiger partial charge is 0.480 e. The van der Waals surface area contributed by atoms with E-state index in [0.29, 0.717) is 0 Å². The summed E-state index contributed by atoms with van der Waals surface area (Å²) in [7, 11) is 0. The van der Waals surface area contributed by atoms with E-state index in [4.69, 9.17) is 5.11 Å². The van der Waals surface area contributed by atoms with Gasteiger partial charge in [-0.15, -0.1) is 0 Å². The van der Waals surface area contributed by atoms with Crippen molar-refractivity contribution in [3.05, 3.63) is 0 Å². The van der Waals surface area contributed by atoms with Crippen molar-refractivity contribution in [3.8, 4) is 0 Å². The van der Waals surface area contributed by atoms with Gasteiger partial charge in [-0.3, -0.25) is 4.79 Å². The molecule has 0 heterocycles. The molecule has 0 radical (unpaired) electrons. The molecule has 0 saturated carbocycles. The van der Waals surface area contributed by atoms with Crippen molar-refractivity contribution in [2.75, 3.05) is 0 Å². The molecule has 0 rings (SSSR count). The molecule has 0 bridgehead atoms. The highest BCUT2D eigenvalue weighted by atomic mass is 19.4. The van der Waals surface area contributed by atoms with E-state index in [1.165, 1.54) is 6.92 Å². The zero-order valence-corrected chi connectivity index (χ0v) is 9.89. The van der Waals surface area contributed by atoms with Crippen LogP contribution in [0.2, 0.25) is 0 Å². The van der Waals surface area contributed by atoms with Crippen molar-refractivity contribution >= 4 is 11.9 Å². The number of alkyl halides is 3. The number of hydrogen-bond acceptors (Lipinski definition) is 2. The Morgan fingerprint density at radius 3 is 2.06 bits per heavy atom. The minimum atomic E-state index is -4.42. The van der Waals surface area contributed by atoms with Crippen LogP contribution in [0.25, 0.3) is 0 Å². The van der Waals surface area contributed by atoms with Crippen LogP contribution in [-0.2, 0) is 9.59 Å². The van der Waals surface area contributed by atoms with E-state index >= 15 is 0 Å². The van der Waals surface area contributed by atoms with Gasteiger partial charge in [0.1, 0.15) is 5.54 Å². The average Bonchev–Trinajstić information content (AvgIpc) is 2.12. The third kappa shape index (κ3) is 5.06. The van der Waals surface area contributed by atoms with Gasteiger partial charge in [0.2, 0.25) is 5.91 Å². The molecule has 7 heteroatoms. The number of carbonyl (C=O) groups excluding carboxylic acids is 1. The number of halogens is 3. The minimum Gasteiger partial charge on any atom is -0.480 e. The highest BCUT2D eigenvalue weighted by molar-refractivity contribution is 5.86. The lowest BCUT2D eigenvalue weighted by Gasteiger charge is -2.30. The van der Waals surface area contributed by atoms with Crippen LogP contribution in [0.3, 0.4) is 0 Å². The smallest absolute Gasteiger partial charge is 0.389 e. The van der Waals surface area contributed by atoms with Crippen molar-refractivity contribution in [2.45, 2.75) is 45.3 Å². The van der Waals surface area contributed by atoms with Gasteiger partial charge in [0, 0.05) is 6.42 Å². The number of rotatable bonds is 5. The monoisotopic (exact) mass is 255 g/mol. The predicted octanol–water partition coefficient (Wildman–Crippen LogP) is 1.94. The molecular weight excluding hydrogens is 239 g/mol. The summed E-state index contributed by atoms with van der Waals surface area (Å²) >= 11 is 0. The van der Waals surface area contributed by atoms with Crippen LogP contribution in [0.5, 0.6) is 0 Å². The first-order valence-corrected chi connectivity index (χ1v) is 5.10. The molecule has 0 aliphatic carbocycles. The number of hydrogen-bond donors (Lipinski definition) is 2. The Kier molecular flexibility index (Phi) is 4.97. The lowest BCUT2D eigenvalue weighted by atomic mass is 9.88. The van der Waals surface area contributed by atoms with Crippen molar-refractivity contribution in [1.29, 1.82) is 0 Å². The van der Waals surface area contributed by atoms with Gasteiger partial charge in [0.15, 0.2) is 0 Å². The topological polar surface area (TPSA) is 66.4 Å². The Morgan fingerprint density at radius 1 is 1.29 bits per heavy atom. The fourth-order valence-corrected chi connectivity index (χ4v) is 1.05. The minimum absolute atomic E-state index is 0.435. The van der Waals surface area contributed by atoms with Crippen LogP contribution in [-0.4, -0.2) is 28.7 Å². The number of carboxylic acid groups (broad SMARTS) is 1. The van der Waals surface area contributed by atoms with E-state index < -0.39 is 42.4 Å². The van der Waals surface area contributed by atoms with Crippen molar-refractivity contribution in [2.24, 2.45) is 5.92 Å². The normalized spacial score (nSPS) is 15.5. The summed E-state index contributed by atoms with van der Waals surface area (Å²) in [5.41, 5.74) is -1.55. The summed E-state index contributed by atoms with van der Waals surface area (Å²) in [5.74, 6) is -2.62. The summed E-state index contributed by atoms with van der Waals surface area (Å²) < 4.78 is 35.6. The van der Waals surface area contributed by atoms with E-state index in [2.05, 4.69) is 5.32 Å². The van der Waals surface area contributed by atoms with Crippen LogP contribution >= 0.6 is 0 Å². The highest BCUT2D eigenvalue weighted by Gasteiger charge is 2.38. The van der Waals surface area contributed by atoms with E-state index in [-0.39, 0.29) is 0 Å². The van der Waals surface area contributed by atoms with Crippen LogP contribution in [0.1, 0.15) is 33.6 Å². The molecule has 4 nitrogen and oxygen atoms in total. The van der Waals surface area contributed by atoms with E-state index in [1.54, 1.807) is 13.8 Å². The first-order valence-electron chi connectivity index (χ1n) is 5.10. The van der Waals surface area contributed by atoms with Crippen LogP contribution in [0.15, 0.2) is 0 Å². The Balaban J connectivity index is 4.49. The summed E-state index contributed by atoms with van der Waals surface area (Å²) in [5, 5.41) is 11.1. The fourth-order valence-electron chi connectivity index (χ4n) is 1.05. The maximum absolute atomic E-state index is 11.9. The van der Waals surface area contributed by atoms with Crippen molar-refractivity contribution in [3.63, 3.8) is 0 Å².